The van der Waals surface area contributed by atoms with Crippen LogP contribution in [0.2, 0.25) is 0 Å². The maximum atomic E-state index is 5.91. The van der Waals surface area contributed by atoms with Crippen molar-refractivity contribution in [3.8, 4) is 0 Å². The number of nitrogens with zero attached hydrogens (tertiary/aromatic N) is 2. The fourth-order valence-corrected chi connectivity index (χ4v) is 2.69. The Bertz CT molecular complexity index is 312. The zero-order valence-corrected chi connectivity index (χ0v) is 9.97. The third kappa shape index (κ3) is 2.42. The van der Waals surface area contributed by atoms with Gasteiger partial charge in [0.2, 0.25) is 0 Å². The van der Waals surface area contributed by atoms with Gasteiger partial charge >= 0.3 is 0 Å². The van der Waals surface area contributed by atoms with Gasteiger partial charge in [-0.1, -0.05) is 12.5 Å². The highest BCUT2D eigenvalue weighted by atomic mass is 15.1. The molecule has 0 saturated carbocycles. The average molecular weight is 219 g/mol. The molecule has 0 aliphatic carbocycles. The van der Waals surface area contributed by atoms with Crippen molar-refractivity contribution in [3.05, 3.63) is 30.1 Å². The van der Waals surface area contributed by atoms with Gasteiger partial charge in [-0.25, -0.2) is 0 Å². The van der Waals surface area contributed by atoms with Crippen molar-refractivity contribution in [1.82, 2.24) is 9.88 Å². The van der Waals surface area contributed by atoms with E-state index in [2.05, 4.69) is 29.1 Å². The first-order valence-corrected chi connectivity index (χ1v) is 6.14. The number of rotatable bonds is 2. The van der Waals surface area contributed by atoms with Gasteiger partial charge < -0.3 is 5.73 Å². The number of hydrogen-bond donors (Lipinski definition) is 1. The molecule has 0 bridgehead atoms. The Labute approximate surface area is 97.7 Å². The van der Waals surface area contributed by atoms with Crippen molar-refractivity contribution in [2.24, 2.45) is 11.7 Å². The lowest BCUT2D eigenvalue weighted by molar-refractivity contribution is 0.191. The Hall–Kier alpha value is -0.930. The van der Waals surface area contributed by atoms with Gasteiger partial charge in [-0.05, 0) is 51.0 Å². The second-order valence-corrected chi connectivity index (χ2v) is 4.67. The van der Waals surface area contributed by atoms with E-state index in [4.69, 9.17) is 5.73 Å². The molecule has 1 aromatic rings. The van der Waals surface area contributed by atoms with Gasteiger partial charge in [0, 0.05) is 6.20 Å². The van der Waals surface area contributed by atoms with Gasteiger partial charge in [0.25, 0.3) is 0 Å². The van der Waals surface area contributed by atoms with E-state index < -0.39 is 0 Å². The number of hydrogen-bond acceptors (Lipinski definition) is 3. The van der Waals surface area contributed by atoms with E-state index in [9.17, 15) is 0 Å². The largest absolute Gasteiger partial charge is 0.330 e. The van der Waals surface area contributed by atoms with Crippen LogP contribution in [0.5, 0.6) is 0 Å². The van der Waals surface area contributed by atoms with Crippen LogP contribution in [0.4, 0.5) is 0 Å². The summed E-state index contributed by atoms with van der Waals surface area (Å²) < 4.78 is 0. The Morgan fingerprint density at radius 1 is 1.44 bits per heavy atom. The van der Waals surface area contributed by atoms with Gasteiger partial charge in [-0.2, -0.15) is 0 Å². The van der Waals surface area contributed by atoms with E-state index in [0.717, 1.165) is 13.1 Å². The number of likely N-dealkylation sites (tertiary alicyclic amines) is 1. The van der Waals surface area contributed by atoms with E-state index in [0.29, 0.717) is 12.0 Å². The Kier molecular flexibility index (Phi) is 3.91. The summed E-state index contributed by atoms with van der Waals surface area (Å²) in [7, 11) is 2.19. The van der Waals surface area contributed by atoms with Crippen molar-refractivity contribution in [1.29, 1.82) is 0 Å². The summed E-state index contributed by atoms with van der Waals surface area (Å²) in [5, 5.41) is 0. The predicted molar refractivity (Wildman–Crippen MR) is 66.0 cm³/mol. The van der Waals surface area contributed by atoms with Crippen molar-refractivity contribution in [2.75, 3.05) is 20.1 Å². The summed E-state index contributed by atoms with van der Waals surface area (Å²) in [4.78, 5) is 6.91. The zero-order chi connectivity index (χ0) is 11.4. The lowest BCUT2D eigenvalue weighted by Crippen LogP contribution is -2.33. The zero-order valence-electron chi connectivity index (χ0n) is 9.97. The molecule has 3 heteroatoms. The van der Waals surface area contributed by atoms with E-state index in [-0.39, 0.29) is 0 Å². The molecule has 2 unspecified atom stereocenters. The third-order valence-electron chi connectivity index (χ3n) is 3.55. The van der Waals surface area contributed by atoms with E-state index >= 15 is 0 Å². The molecule has 1 saturated heterocycles. The van der Waals surface area contributed by atoms with Gasteiger partial charge in [0.1, 0.15) is 0 Å². The first kappa shape index (κ1) is 11.6. The Morgan fingerprint density at radius 2 is 2.31 bits per heavy atom. The second-order valence-electron chi connectivity index (χ2n) is 4.67. The third-order valence-corrected chi connectivity index (χ3v) is 3.55. The van der Waals surface area contributed by atoms with Crippen LogP contribution >= 0.6 is 0 Å². The van der Waals surface area contributed by atoms with Crippen LogP contribution in [0.3, 0.4) is 0 Å². The molecule has 1 aromatic heterocycles. The van der Waals surface area contributed by atoms with Crippen LogP contribution in [0.15, 0.2) is 24.4 Å². The molecule has 2 atom stereocenters. The fraction of sp³-hybridized carbons (Fsp3) is 0.615. The van der Waals surface area contributed by atoms with Crippen molar-refractivity contribution in [3.63, 3.8) is 0 Å². The van der Waals surface area contributed by atoms with Crippen molar-refractivity contribution in [2.45, 2.75) is 25.3 Å². The highest BCUT2D eigenvalue weighted by Crippen LogP contribution is 2.32. The highest BCUT2D eigenvalue weighted by Gasteiger charge is 2.28. The maximum absolute atomic E-state index is 5.91. The molecule has 3 nitrogen and oxygen atoms in total. The quantitative estimate of drug-likeness (QED) is 0.825. The Morgan fingerprint density at radius 3 is 3.00 bits per heavy atom. The van der Waals surface area contributed by atoms with Crippen LogP contribution in [0, 0.1) is 5.92 Å². The monoisotopic (exact) mass is 219 g/mol. The molecule has 0 amide bonds. The van der Waals surface area contributed by atoms with Crippen molar-refractivity contribution >= 4 is 0 Å². The average Bonchev–Trinajstić information content (AvgIpc) is 2.51. The van der Waals surface area contributed by atoms with Gasteiger partial charge in [-0.15, -0.1) is 0 Å². The molecule has 2 rings (SSSR count). The van der Waals surface area contributed by atoms with E-state index in [1.54, 1.807) is 0 Å². The molecule has 0 aromatic carbocycles. The summed E-state index contributed by atoms with van der Waals surface area (Å²) in [5.74, 6) is 0.544. The first-order chi connectivity index (χ1) is 7.83. The van der Waals surface area contributed by atoms with E-state index in [1.165, 1.54) is 25.0 Å². The SMILES string of the molecule is CN1CCCCC(CN)C1c1ccccn1. The van der Waals surface area contributed by atoms with Gasteiger partial charge in [0.05, 0.1) is 11.7 Å². The molecule has 1 aliphatic rings. The molecular formula is C13H21N3. The molecule has 2 N–H and O–H groups in total. The summed E-state index contributed by atoms with van der Waals surface area (Å²) in [6, 6.07) is 6.55. The molecule has 2 heterocycles. The summed E-state index contributed by atoms with van der Waals surface area (Å²) in [5.41, 5.74) is 7.08. The summed E-state index contributed by atoms with van der Waals surface area (Å²) in [6.07, 6.45) is 5.66. The molecule has 16 heavy (non-hydrogen) atoms. The maximum Gasteiger partial charge on any atom is 0.0578 e. The normalized spacial score (nSPS) is 27.6. The van der Waals surface area contributed by atoms with Crippen molar-refractivity contribution < 1.29 is 0 Å². The highest BCUT2D eigenvalue weighted by molar-refractivity contribution is 5.10. The van der Waals surface area contributed by atoms with Crippen LogP contribution in [-0.2, 0) is 0 Å². The minimum atomic E-state index is 0.397. The standard InChI is InChI=1S/C13H21N3/c1-16-9-5-3-6-11(10-14)13(16)12-7-2-4-8-15-12/h2,4,7-8,11,13H,3,5-6,9-10,14H2,1H3. The fourth-order valence-electron chi connectivity index (χ4n) is 2.69. The molecule has 0 radical (unpaired) electrons. The summed E-state index contributed by atoms with van der Waals surface area (Å²) >= 11 is 0. The predicted octanol–water partition coefficient (Wildman–Crippen LogP) is 1.81. The molecule has 0 spiro atoms. The molecule has 1 fully saturated rings. The number of nitrogens with two attached hydrogens (primary N) is 1. The van der Waals surface area contributed by atoms with Crippen LogP contribution < -0.4 is 5.73 Å². The number of pyridine rings is 1. The van der Waals surface area contributed by atoms with Crippen LogP contribution in [0.25, 0.3) is 0 Å². The molecule has 88 valence electrons. The van der Waals surface area contributed by atoms with Gasteiger partial charge in [-0.3, -0.25) is 9.88 Å². The van der Waals surface area contributed by atoms with Crippen LogP contribution in [0.1, 0.15) is 31.0 Å². The lowest BCUT2D eigenvalue weighted by Gasteiger charge is -2.31. The first-order valence-electron chi connectivity index (χ1n) is 6.14. The number of aromatic nitrogens is 1. The van der Waals surface area contributed by atoms with E-state index in [1.807, 2.05) is 12.3 Å². The second kappa shape index (κ2) is 5.41. The summed E-state index contributed by atoms with van der Waals surface area (Å²) in [6.45, 7) is 1.91. The minimum absolute atomic E-state index is 0.397. The van der Waals surface area contributed by atoms with Gasteiger partial charge in [0.15, 0.2) is 0 Å². The Balaban J connectivity index is 2.25. The minimum Gasteiger partial charge on any atom is -0.330 e. The topological polar surface area (TPSA) is 42.1 Å². The van der Waals surface area contributed by atoms with Crippen LogP contribution in [-0.4, -0.2) is 30.0 Å². The smallest absolute Gasteiger partial charge is 0.0578 e. The lowest BCUT2D eigenvalue weighted by atomic mass is 9.92. The molecular weight excluding hydrogens is 198 g/mol. The molecule has 1 aliphatic heterocycles.